The summed E-state index contributed by atoms with van der Waals surface area (Å²) in [6, 6.07) is 0. The fourth-order valence-corrected chi connectivity index (χ4v) is 0.907. The molecule has 1 rings (SSSR count). The predicted octanol–water partition coefficient (Wildman–Crippen LogP) is -0.655. The lowest BCUT2D eigenvalue weighted by molar-refractivity contribution is -0.0757. The normalized spacial score (nSPS) is 35.7. The minimum atomic E-state index is -1.09. The zero-order valence-corrected chi connectivity index (χ0v) is 6.33. The summed E-state index contributed by atoms with van der Waals surface area (Å²) in [5.74, 6) is -0.564. The average molecular weight is 143 g/mol. The molecule has 0 saturated heterocycles. The third-order valence-electron chi connectivity index (χ3n) is 1.78. The van der Waals surface area contributed by atoms with Gasteiger partial charge in [0.05, 0.1) is 5.84 Å². The monoisotopic (exact) mass is 143 g/mol. The highest BCUT2D eigenvalue weighted by atomic mass is 16.3. The van der Waals surface area contributed by atoms with Crippen LogP contribution in [0.25, 0.3) is 0 Å². The highest BCUT2D eigenvalue weighted by Crippen LogP contribution is 2.15. The summed E-state index contributed by atoms with van der Waals surface area (Å²) in [6.45, 7) is 2.39. The minimum Gasteiger partial charge on any atom is -0.387 e. The first-order valence-electron chi connectivity index (χ1n) is 3.30. The highest BCUT2D eigenvalue weighted by molar-refractivity contribution is 5.81. The Labute approximate surface area is 60.3 Å². The van der Waals surface area contributed by atoms with Crippen molar-refractivity contribution in [1.29, 1.82) is 0 Å². The molecule has 1 unspecified atom stereocenters. The van der Waals surface area contributed by atoms with E-state index in [4.69, 9.17) is 5.73 Å². The van der Waals surface area contributed by atoms with E-state index in [1.165, 1.54) is 0 Å². The minimum absolute atomic E-state index is 0.531. The first-order chi connectivity index (χ1) is 4.52. The van der Waals surface area contributed by atoms with Gasteiger partial charge >= 0.3 is 0 Å². The van der Waals surface area contributed by atoms with Crippen molar-refractivity contribution in [3.8, 4) is 0 Å². The van der Waals surface area contributed by atoms with E-state index in [0.717, 1.165) is 13.0 Å². The predicted molar refractivity (Wildman–Crippen MR) is 39.5 cm³/mol. The summed E-state index contributed by atoms with van der Waals surface area (Å²) in [5, 5.41) is 9.47. The van der Waals surface area contributed by atoms with Crippen LogP contribution in [-0.2, 0) is 0 Å². The van der Waals surface area contributed by atoms with Crippen LogP contribution in [0.1, 0.15) is 13.3 Å². The van der Waals surface area contributed by atoms with E-state index in [9.17, 15) is 5.11 Å². The molecule has 1 atom stereocenters. The van der Waals surface area contributed by atoms with Gasteiger partial charge in [0.1, 0.15) is 0 Å². The third kappa shape index (κ3) is 1.27. The molecule has 0 aliphatic carbocycles. The molecule has 0 saturated carbocycles. The van der Waals surface area contributed by atoms with Crippen LogP contribution >= 0.6 is 0 Å². The SMILES string of the molecule is CN1CCC(N)=NC1(C)O. The number of hydrogen-bond donors (Lipinski definition) is 2. The molecule has 1 heterocycles. The van der Waals surface area contributed by atoms with Crippen molar-refractivity contribution < 1.29 is 5.11 Å². The van der Waals surface area contributed by atoms with Gasteiger partial charge in [-0.25, -0.2) is 4.99 Å². The quantitative estimate of drug-likeness (QED) is 0.473. The van der Waals surface area contributed by atoms with Crippen LogP contribution in [0.15, 0.2) is 4.99 Å². The van der Waals surface area contributed by atoms with E-state index >= 15 is 0 Å². The molecule has 0 aromatic heterocycles. The number of aliphatic hydroxyl groups is 1. The number of amidine groups is 1. The summed E-state index contributed by atoms with van der Waals surface area (Å²) in [7, 11) is 1.82. The number of aliphatic imine (C=N–C) groups is 1. The zero-order valence-electron chi connectivity index (χ0n) is 6.33. The van der Waals surface area contributed by atoms with Crippen LogP contribution < -0.4 is 5.73 Å². The van der Waals surface area contributed by atoms with Gasteiger partial charge < -0.3 is 10.8 Å². The van der Waals surface area contributed by atoms with Crippen LogP contribution in [0.4, 0.5) is 0 Å². The molecule has 4 heteroatoms. The Hall–Kier alpha value is -0.610. The van der Waals surface area contributed by atoms with Crippen molar-refractivity contribution in [2.24, 2.45) is 10.7 Å². The summed E-state index contributed by atoms with van der Waals surface area (Å²) in [5.41, 5.74) is 5.44. The van der Waals surface area contributed by atoms with Crippen molar-refractivity contribution in [2.75, 3.05) is 13.6 Å². The van der Waals surface area contributed by atoms with Gasteiger partial charge in [-0.3, -0.25) is 4.90 Å². The Bertz CT molecular complexity index is 164. The van der Waals surface area contributed by atoms with Crippen molar-refractivity contribution in [2.45, 2.75) is 19.2 Å². The molecule has 0 fully saturated rings. The van der Waals surface area contributed by atoms with E-state index in [2.05, 4.69) is 4.99 Å². The lowest BCUT2D eigenvalue weighted by Gasteiger charge is -2.33. The van der Waals surface area contributed by atoms with Crippen molar-refractivity contribution >= 4 is 5.84 Å². The molecule has 0 radical (unpaired) electrons. The lowest BCUT2D eigenvalue weighted by atomic mass is 10.2. The second-order valence-corrected chi connectivity index (χ2v) is 2.75. The zero-order chi connectivity index (χ0) is 7.78. The molecule has 0 amide bonds. The lowest BCUT2D eigenvalue weighted by Crippen LogP contribution is -2.48. The molecule has 0 aromatic carbocycles. The number of rotatable bonds is 0. The van der Waals surface area contributed by atoms with Gasteiger partial charge in [-0.1, -0.05) is 0 Å². The van der Waals surface area contributed by atoms with Gasteiger partial charge in [-0.2, -0.15) is 0 Å². The van der Waals surface area contributed by atoms with Crippen LogP contribution in [0.3, 0.4) is 0 Å². The maximum absolute atomic E-state index is 9.47. The van der Waals surface area contributed by atoms with Crippen LogP contribution in [0, 0.1) is 0 Å². The van der Waals surface area contributed by atoms with E-state index in [-0.39, 0.29) is 0 Å². The summed E-state index contributed by atoms with van der Waals surface area (Å²) < 4.78 is 0. The number of nitrogens with two attached hydrogens (primary N) is 1. The van der Waals surface area contributed by atoms with E-state index in [1.54, 1.807) is 11.8 Å². The summed E-state index contributed by atoms with van der Waals surface area (Å²) in [6.07, 6.45) is 0.743. The summed E-state index contributed by atoms with van der Waals surface area (Å²) >= 11 is 0. The van der Waals surface area contributed by atoms with Crippen LogP contribution in [0.2, 0.25) is 0 Å². The molecule has 1 aliphatic heterocycles. The number of nitrogens with zero attached hydrogens (tertiary/aromatic N) is 2. The molecule has 10 heavy (non-hydrogen) atoms. The Morgan fingerprint density at radius 1 is 1.80 bits per heavy atom. The molecular formula is C6H13N3O. The van der Waals surface area contributed by atoms with Gasteiger partial charge in [-0.15, -0.1) is 0 Å². The van der Waals surface area contributed by atoms with Crippen molar-refractivity contribution in [3.05, 3.63) is 0 Å². The molecule has 0 spiro atoms. The van der Waals surface area contributed by atoms with Crippen LogP contribution in [0.5, 0.6) is 0 Å². The Balaban J connectivity index is 2.79. The first-order valence-corrected chi connectivity index (χ1v) is 3.30. The van der Waals surface area contributed by atoms with Crippen LogP contribution in [-0.4, -0.2) is 35.3 Å². The number of hydrogen-bond acceptors (Lipinski definition) is 4. The Morgan fingerprint density at radius 3 is 2.80 bits per heavy atom. The highest BCUT2D eigenvalue weighted by Gasteiger charge is 2.28. The van der Waals surface area contributed by atoms with Gasteiger partial charge in [-0.05, 0) is 7.05 Å². The second-order valence-electron chi connectivity index (χ2n) is 2.75. The molecule has 4 nitrogen and oxygen atoms in total. The Kier molecular flexibility index (Phi) is 1.66. The second kappa shape index (κ2) is 2.21. The maximum atomic E-state index is 9.47. The van der Waals surface area contributed by atoms with Gasteiger partial charge in [0.15, 0.2) is 0 Å². The maximum Gasteiger partial charge on any atom is 0.214 e. The standard InChI is InChI=1S/C6H13N3O/c1-6(10)8-5(7)3-4-9(6)2/h10H,3-4H2,1-2H3,(H2,7,8). The third-order valence-corrected chi connectivity index (χ3v) is 1.78. The molecule has 3 N–H and O–H groups in total. The largest absolute Gasteiger partial charge is 0.387 e. The topological polar surface area (TPSA) is 61.8 Å². The van der Waals surface area contributed by atoms with E-state index < -0.39 is 5.85 Å². The fourth-order valence-electron chi connectivity index (χ4n) is 0.907. The fraction of sp³-hybridized carbons (Fsp3) is 0.833. The first kappa shape index (κ1) is 7.50. The molecule has 0 aromatic rings. The van der Waals surface area contributed by atoms with E-state index in [0.29, 0.717) is 5.84 Å². The summed E-state index contributed by atoms with van der Waals surface area (Å²) in [4.78, 5) is 5.62. The van der Waals surface area contributed by atoms with Crippen molar-refractivity contribution in [3.63, 3.8) is 0 Å². The Morgan fingerprint density at radius 2 is 2.40 bits per heavy atom. The molecular weight excluding hydrogens is 130 g/mol. The smallest absolute Gasteiger partial charge is 0.214 e. The van der Waals surface area contributed by atoms with Gasteiger partial charge in [0.25, 0.3) is 0 Å². The molecule has 0 bridgehead atoms. The van der Waals surface area contributed by atoms with E-state index in [1.807, 2.05) is 7.05 Å². The van der Waals surface area contributed by atoms with Crippen molar-refractivity contribution in [1.82, 2.24) is 4.90 Å². The average Bonchev–Trinajstić information content (AvgIpc) is 1.78. The molecule has 58 valence electrons. The van der Waals surface area contributed by atoms with Gasteiger partial charge in [0.2, 0.25) is 5.85 Å². The molecule has 1 aliphatic rings. The van der Waals surface area contributed by atoms with Gasteiger partial charge in [0, 0.05) is 19.9 Å².